The van der Waals surface area contributed by atoms with Crippen molar-refractivity contribution in [2.75, 3.05) is 13.7 Å². The number of rotatable bonds is 1. The molecule has 0 bridgehead atoms. The number of hydrogen-bond donors (Lipinski definition) is 1. The number of esters is 1. The van der Waals surface area contributed by atoms with Gasteiger partial charge in [0.15, 0.2) is 0 Å². The number of carbonyl (C=O) groups is 2. The SMILES string of the molecule is COC(=O)[C@@H]1CC(=N)CN1C(=O)OC(C)(C)C. The molecule has 0 unspecified atom stereocenters. The summed E-state index contributed by atoms with van der Waals surface area (Å²) in [5.41, 5.74) is -0.297. The van der Waals surface area contributed by atoms with Gasteiger partial charge in [-0.15, -0.1) is 0 Å². The molecule has 0 aromatic carbocycles. The van der Waals surface area contributed by atoms with Crippen LogP contribution in [-0.2, 0) is 14.3 Å². The Hall–Kier alpha value is -1.59. The molecule has 1 atom stereocenters. The van der Waals surface area contributed by atoms with Gasteiger partial charge in [-0.3, -0.25) is 4.90 Å². The lowest BCUT2D eigenvalue weighted by Gasteiger charge is -2.26. The van der Waals surface area contributed by atoms with Gasteiger partial charge in [-0.25, -0.2) is 9.59 Å². The maximum Gasteiger partial charge on any atom is 0.411 e. The number of hydrogen-bond acceptors (Lipinski definition) is 5. The quantitative estimate of drug-likeness (QED) is 0.700. The fraction of sp³-hybridized carbons (Fsp3) is 0.727. The standard InChI is InChI=1S/C11H18N2O4/c1-11(2,3)17-10(15)13-6-7(12)5-8(13)9(14)16-4/h8,12H,5-6H2,1-4H3/t8-/m0/s1. The summed E-state index contributed by atoms with van der Waals surface area (Å²) in [6.07, 6.45) is -0.374. The molecule has 17 heavy (non-hydrogen) atoms. The van der Waals surface area contributed by atoms with Gasteiger partial charge in [-0.1, -0.05) is 0 Å². The molecule has 0 radical (unpaired) electrons. The molecule has 1 N–H and O–H groups in total. The van der Waals surface area contributed by atoms with Gasteiger partial charge in [0.25, 0.3) is 0 Å². The second kappa shape index (κ2) is 4.73. The molecule has 0 aromatic rings. The minimum Gasteiger partial charge on any atom is -0.467 e. The highest BCUT2D eigenvalue weighted by molar-refractivity contribution is 5.97. The fourth-order valence-electron chi connectivity index (χ4n) is 1.58. The van der Waals surface area contributed by atoms with E-state index in [4.69, 9.17) is 10.1 Å². The van der Waals surface area contributed by atoms with E-state index < -0.39 is 23.7 Å². The molecule has 0 saturated carbocycles. The van der Waals surface area contributed by atoms with Crippen LogP contribution in [0.1, 0.15) is 27.2 Å². The molecule has 96 valence electrons. The van der Waals surface area contributed by atoms with E-state index in [1.807, 2.05) is 0 Å². The minimum atomic E-state index is -0.734. The predicted molar refractivity (Wildman–Crippen MR) is 61.1 cm³/mol. The Kier molecular flexibility index (Phi) is 3.75. The number of nitrogens with one attached hydrogen (secondary N) is 1. The first-order chi connectivity index (χ1) is 7.74. The lowest BCUT2D eigenvalue weighted by molar-refractivity contribution is -0.145. The van der Waals surface area contributed by atoms with Crippen LogP contribution >= 0.6 is 0 Å². The van der Waals surface area contributed by atoms with Gasteiger partial charge in [0, 0.05) is 12.1 Å². The van der Waals surface area contributed by atoms with E-state index >= 15 is 0 Å². The van der Waals surface area contributed by atoms with Crippen LogP contribution in [0.2, 0.25) is 0 Å². The zero-order valence-electron chi connectivity index (χ0n) is 10.6. The normalized spacial score (nSPS) is 20.4. The second-order valence-electron chi connectivity index (χ2n) is 4.95. The van der Waals surface area contributed by atoms with Crippen LogP contribution < -0.4 is 0 Å². The molecule has 1 aliphatic rings. The Labute approximate surface area is 100 Å². The van der Waals surface area contributed by atoms with Crippen molar-refractivity contribution in [2.45, 2.75) is 38.8 Å². The third-order valence-corrected chi connectivity index (χ3v) is 2.28. The van der Waals surface area contributed by atoms with Crippen LogP contribution in [0.4, 0.5) is 4.79 Å². The van der Waals surface area contributed by atoms with Gasteiger partial charge in [0.1, 0.15) is 11.6 Å². The van der Waals surface area contributed by atoms with Crippen molar-refractivity contribution in [1.82, 2.24) is 4.90 Å². The zero-order valence-corrected chi connectivity index (χ0v) is 10.6. The molecule has 1 amide bonds. The van der Waals surface area contributed by atoms with Crippen molar-refractivity contribution in [3.05, 3.63) is 0 Å². The van der Waals surface area contributed by atoms with Crippen LogP contribution in [0.3, 0.4) is 0 Å². The Balaban J connectivity index is 2.77. The topological polar surface area (TPSA) is 79.7 Å². The molecule has 1 rings (SSSR count). The highest BCUT2D eigenvalue weighted by Crippen LogP contribution is 2.19. The summed E-state index contributed by atoms with van der Waals surface area (Å²) in [4.78, 5) is 24.5. The van der Waals surface area contributed by atoms with Crippen molar-refractivity contribution in [1.29, 1.82) is 5.41 Å². The summed E-state index contributed by atoms with van der Waals surface area (Å²) in [6.45, 7) is 5.37. The van der Waals surface area contributed by atoms with Gasteiger partial charge in [-0.05, 0) is 20.8 Å². The smallest absolute Gasteiger partial charge is 0.411 e. The van der Waals surface area contributed by atoms with Gasteiger partial charge in [-0.2, -0.15) is 0 Å². The lowest BCUT2D eigenvalue weighted by Crippen LogP contribution is -2.43. The Morgan fingerprint density at radius 2 is 2.00 bits per heavy atom. The average molecular weight is 242 g/mol. The number of ether oxygens (including phenoxy) is 2. The van der Waals surface area contributed by atoms with E-state index in [1.54, 1.807) is 20.8 Å². The lowest BCUT2D eigenvalue weighted by atomic mass is 10.2. The molecule has 6 nitrogen and oxygen atoms in total. The van der Waals surface area contributed by atoms with Gasteiger partial charge in [0.2, 0.25) is 0 Å². The molecular weight excluding hydrogens is 224 g/mol. The Morgan fingerprint density at radius 1 is 1.41 bits per heavy atom. The monoisotopic (exact) mass is 242 g/mol. The van der Waals surface area contributed by atoms with Crippen molar-refractivity contribution < 1.29 is 19.1 Å². The van der Waals surface area contributed by atoms with Crippen LogP contribution in [0.5, 0.6) is 0 Å². The molecule has 1 saturated heterocycles. The van der Waals surface area contributed by atoms with Crippen molar-refractivity contribution in [3.8, 4) is 0 Å². The van der Waals surface area contributed by atoms with E-state index in [0.29, 0.717) is 5.71 Å². The zero-order chi connectivity index (χ0) is 13.2. The first kappa shape index (κ1) is 13.5. The third kappa shape index (κ3) is 3.44. The van der Waals surface area contributed by atoms with Crippen LogP contribution in [0.25, 0.3) is 0 Å². The van der Waals surface area contributed by atoms with Crippen molar-refractivity contribution >= 4 is 17.8 Å². The molecular formula is C11H18N2O4. The molecule has 0 spiro atoms. The molecule has 1 fully saturated rings. The van der Waals surface area contributed by atoms with Crippen LogP contribution in [-0.4, -0.2) is 48.0 Å². The summed E-state index contributed by atoms with van der Waals surface area (Å²) in [5.74, 6) is -0.516. The van der Waals surface area contributed by atoms with Crippen LogP contribution in [0, 0.1) is 5.41 Å². The first-order valence-corrected chi connectivity index (χ1v) is 5.38. The summed E-state index contributed by atoms with van der Waals surface area (Å²) >= 11 is 0. The van der Waals surface area contributed by atoms with Gasteiger partial charge < -0.3 is 14.9 Å². The maximum absolute atomic E-state index is 11.8. The molecule has 0 aliphatic carbocycles. The summed E-state index contributed by atoms with van der Waals surface area (Å²) in [5, 5.41) is 7.55. The van der Waals surface area contributed by atoms with E-state index in [-0.39, 0.29) is 13.0 Å². The predicted octanol–water partition coefficient (Wildman–Crippen LogP) is 1.19. The summed E-state index contributed by atoms with van der Waals surface area (Å²) in [6, 6.07) is -0.734. The average Bonchev–Trinajstić information content (AvgIpc) is 2.56. The molecule has 0 aromatic heterocycles. The molecule has 1 heterocycles. The number of carbonyl (C=O) groups excluding carboxylic acids is 2. The molecule has 6 heteroatoms. The number of nitrogens with zero attached hydrogens (tertiary/aromatic N) is 1. The maximum atomic E-state index is 11.8. The van der Waals surface area contributed by atoms with Gasteiger partial charge in [0.05, 0.1) is 13.7 Å². The number of likely N-dealkylation sites (tertiary alicyclic amines) is 1. The first-order valence-electron chi connectivity index (χ1n) is 5.38. The third-order valence-electron chi connectivity index (χ3n) is 2.28. The highest BCUT2D eigenvalue weighted by atomic mass is 16.6. The van der Waals surface area contributed by atoms with Crippen molar-refractivity contribution in [3.63, 3.8) is 0 Å². The van der Waals surface area contributed by atoms with Crippen molar-refractivity contribution in [2.24, 2.45) is 0 Å². The molecule has 1 aliphatic heterocycles. The fourth-order valence-corrected chi connectivity index (χ4v) is 1.58. The second-order valence-corrected chi connectivity index (χ2v) is 4.95. The highest BCUT2D eigenvalue weighted by Gasteiger charge is 2.39. The Bertz CT molecular complexity index is 346. The van der Waals surface area contributed by atoms with E-state index in [0.717, 1.165) is 0 Å². The van der Waals surface area contributed by atoms with Gasteiger partial charge >= 0.3 is 12.1 Å². The van der Waals surface area contributed by atoms with E-state index in [2.05, 4.69) is 4.74 Å². The summed E-state index contributed by atoms with van der Waals surface area (Å²) in [7, 11) is 1.26. The Morgan fingerprint density at radius 3 is 2.47 bits per heavy atom. The largest absolute Gasteiger partial charge is 0.467 e. The van der Waals surface area contributed by atoms with E-state index in [1.165, 1.54) is 12.0 Å². The summed E-state index contributed by atoms with van der Waals surface area (Å²) < 4.78 is 9.79. The minimum absolute atomic E-state index is 0.120. The van der Waals surface area contributed by atoms with Crippen LogP contribution in [0.15, 0.2) is 0 Å². The number of methoxy groups -OCH3 is 1. The van der Waals surface area contributed by atoms with E-state index in [9.17, 15) is 9.59 Å². The number of amides is 1.